The van der Waals surface area contributed by atoms with Gasteiger partial charge in [-0.2, -0.15) is 9.50 Å². The van der Waals surface area contributed by atoms with Crippen molar-refractivity contribution in [3.05, 3.63) is 10.1 Å². The second-order valence-corrected chi connectivity index (χ2v) is 3.17. The molecule has 0 aliphatic heterocycles. The molecule has 11 heteroatoms. The van der Waals surface area contributed by atoms with Gasteiger partial charge < -0.3 is 15.2 Å². The first kappa shape index (κ1) is 13.1. The normalized spacial score (nSPS) is 10.1. The number of fused-ring (bicyclic) bond motifs is 1. The third-order valence-corrected chi connectivity index (χ3v) is 2.08. The molecule has 0 fully saturated rings. The van der Waals surface area contributed by atoms with Crippen molar-refractivity contribution >= 4 is 23.4 Å². The maximum atomic E-state index is 11.4. The van der Waals surface area contributed by atoms with Crippen molar-refractivity contribution in [2.45, 2.75) is 5.16 Å². The molecule has 2 rings (SSSR count). The van der Waals surface area contributed by atoms with E-state index in [-0.39, 0.29) is 35.3 Å². The second-order valence-electron chi connectivity index (χ2n) is 2.40. The monoisotopic (exact) mass is 250 g/mol. The minimum atomic E-state index is -0.933. The fraction of sp³-hybridized carbons (Fsp3) is 0.200. The van der Waals surface area contributed by atoms with E-state index in [9.17, 15) is 15.2 Å². The number of rotatable bonds is 2. The molecule has 0 radical (unpaired) electrons. The molecule has 2 aromatic heterocycles. The molecule has 0 amide bonds. The summed E-state index contributed by atoms with van der Waals surface area (Å²) in [5, 5.41) is 32.4. The number of hydrogen-bond acceptors (Lipinski definition) is 8. The van der Waals surface area contributed by atoms with Gasteiger partial charge in [0.2, 0.25) is 5.16 Å². The van der Waals surface area contributed by atoms with Gasteiger partial charge >= 0.3 is 35.4 Å². The molecule has 16 heavy (non-hydrogen) atoms. The van der Waals surface area contributed by atoms with E-state index in [1.54, 1.807) is 6.26 Å². The fourth-order valence-electron chi connectivity index (χ4n) is 0.917. The Morgan fingerprint density at radius 2 is 2.12 bits per heavy atom. The zero-order valence-corrected chi connectivity index (χ0v) is 11.1. The molecule has 0 spiro atoms. The Bertz CT molecular complexity index is 544. The number of nitrogens with zero attached hydrogens (tertiary/aromatic N) is 6. The van der Waals surface area contributed by atoms with Crippen molar-refractivity contribution in [3.63, 3.8) is 0 Å². The van der Waals surface area contributed by atoms with Crippen LogP contribution in [-0.2, 0) is 0 Å². The Labute approximate surface area is 115 Å². The molecule has 0 aromatic carbocycles. The minimum Gasteiger partial charge on any atom is -0.853 e. The molecule has 0 saturated carbocycles. The molecule has 0 aliphatic rings. The molecule has 0 aliphatic carbocycles. The zero-order valence-electron chi connectivity index (χ0n) is 8.32. The molecule has 2 heterocycles. The van der Waals surface area contributed by atoms with Crippen LogP contribution in [0, 0.1) is 10.1 Å². The Morgan fingerprint density at radius 3 is 2.69 bits per heavy atom. The molecule has 0 unspecified atom stereocenters. The van der Waals surface area contributed by atoms with Gasteiger partial charge in [0.1, 0.15) is 0 Å². The smallest absolute Gasteiger partial charge is 0.853 e. The number of aromatic nitrogens is 5. The summed E-state index contributed by atoms with van der Waals surface area (Å²) in [5.41, 5.74) is 0. The first-order valence-electron chi connectivity index (χ1n) is 3.62. The number of hydrogen-bond donors (Lipinski definition) is 0. The van der Waals surface area contributed by atoms with Gasteiger partial charge in [0.05, 0.1) is 11.0 Å². The van der Waals surface area contributed by atoms with Crippen molar-refractivity contribution in [2.75, 3.05) is 6.26 Å². The van der Waals surface area contributed by atoms with Crippen LogP contribution in [0.2, 0.25) is 0 Å². The summed E-state index contributed by atoms with van der Waals surface area (Å²) in [6.45, 7) is 0. The molecule has 0 bridgehead atoms. The van der Waals surface area contributed by atoms with Crippen molar-refractivity contribution in [3.8, 4) is 5.88 Å². The third kappa shape index (κ3) is 2.09. The van der Waals surface area contributed by atoms with Crippen molar-refractivity contribution in [1.29, 1.82) is 0 Å². The maximum Gasteiger partial charge on any atom is 1.00 e. The van der Waals surface area contributed by atoms with Crippen LogP contribution in [0.25, 0.3) is 5.78 Å². The zero-order chi connectivity index (χ0) is 11.0. The Kier molecular flexibility index (Phi) is 4.02. The molecule has 0 N–H and O–H groups in total. The van der Waals surface area contributed by atoms with E-state index in [0.717, 1.165) is 4.52 Å². The van der Waals surface area contributed by atoms with E-state index in [4.69, 9.17) is 0 Å². The summed E-state index contributed by atoms with van der Waals surface area (Å²) in [6.07, 6.45) is 1.71. The average molecular weight is 250 g/mol. The third-order valence-electron chi connectivity index (χ3n) is 1.54. The van der Waals surface area contributed by atoms with E-state index in [1.165, 1.54) is 11.8 Å². The molecular formula is C5H3N6NaO3S. The molecule has 9 nitrogen and oxygen atoms in total. The quantitative estimate of drug-likeness (QED) is 0.230. The predicted octanol–water partition coefficient (Wildman–Crippen LogP) is -3.77. The van der Waals surface area contributed by atoms with Crippen molar-refractivity contribution < 1.29 is 39.6 Å². The van der Waals surface area contributed by atoms with Gasteiger partial charge in [0.15, 0.2) is 0 Å². The first-order chi connectivity index (χ1) is 7.13. The predicted molar refractivity (Wildman–Crippen MR) is 46.5 cm³/mol. The molecule has 2 aromatic rings. The van der Waals surface area contributed by atoms with Crippen LogP contribution < -0.4 is 34.7 Å². The van der Waals surface area contributed by atoms with Gasteiger partial charge in [-0.3, -0.25) is 0 Å². The molecule has 78 valence electrons. The SMILES string of the molecule is CSc1nc2nnc([N+](=O)[O-])c([O-])n2n1.[Na+]. The summed E-state index contributed by atoms with van der Waals surface area (Å²) in [4.78, 5) is 13.3. The van der Waals surface area contributed by atoms with E-state index in [0.29, 0.717) is 5.16 Å². The fourth-order valence-corrected chi connectivity index (χ4v) is 1.25. The van der Waals surface area contributed by atoms with Crippen molar-refractivity contribution in [2.24, 2.45) is 0 Å². The minimum absolute atomic E-state index is 0. The molecule has 0 saturated heterocycles. The van der Waals surface area contributed by atoms with Crippen LogP contribution in [0.4, 0.5) is 5.82 Å². The maximum absolute atomic E-state index is 11.4. The van der Waals surface area contributed by atoms with Gasteiger partial charge in [-0.1, -0.05) is 11.8 Å². The van der Waals surface area contributed by atoms with Crippen LogP contribution in [0.1, 0.15) is 0 Å². The summed E-state index contributed by atoms with van der Waals surface area (Å²) in [6, 6.07) is 0. The Morgan fingerprint density at radius 1 is 1.44 bits per heavy atom. The molecular weight excluding hydrogens is 247 g/mol. The molecule has 0 atom stereocenters. The van der Waals surface area contributed by atoms with E-state index >= 15 is 0 Å². The van der Waals surface area contributed by atoms with E-state index in [1.807, 2.05) is 0 Å². The van der Waals surface area contributed by atoms with E-state index in [2.05, 4.69) is 20.3 Å². The summed E-state index contributed by atoms with van der Waals surface area (Å²) >= 11 is 1.20. The number of thioether (sulfide) groups is 1. The van der Waals surface area contributed by atoms with Crippen LogP contribution in [0.15, 0.2) is 5.16 Å². The van der Waals surface area contributed by atoms with Gasteiger partial charge in [-0.05, 0) is 11.2 Å². The van der Waals surface area contributed by atoms with Gasteiger partial charge in [0, 0.05) is 5.10 Å². The topological polar surface area (TPSA) is 122 Å². The largest absolute Gasteiger partial charge is 1.00 e. The van der Waals surface area contributed by atoms with Gasteiger partial charge in [-0.15, -0.1) is 5.10 Å². The van der Waals surface area contributed by atoms with Crippen molar-refractivity contribution in [1.82, 2.24) is 24.8 Å². The Balaban J connectivity index is 0.00000128. The first-order valence-corrected chi connectivity index (χ1v) is 4.85. The summed E-state index contributed by atoms with van der Waals surface area (Å²) in [5.74, 6) is -1.84. The van der Waals surface area contributed by atoms with Crippen LogP contribution in [-0.4, -0.2) is 36.0 Å². The standard InChI is InChI=1S/C5H4N6O3S.Na/c1-15-5-6-4-8-7-2(11(13)14)3(12)10(4)9-5;/h12H,1H3;/q;+1/p-1. The second kappa shape index (κ2) is 4.91. The van der Waals surface area contributed by atoms with Crippen LogP contribution in [0.3, 0.4) is 0 Å². The van der Waals surface area contributed by atoms with Crippen LogP contribution in [0.5, 0.6) is 5.88 Å². The number of nitro groups is 1. The summed E-state index contributed by atoms with van der Waals surface area (Å²) < 4.78 is 0.761. The average Bonchev–Trinajstić information content (AvgIpc) is 2.61. The summed E-state index contributed by atoms with van der Waals surface area (Å²) in [7, 11) is 0. The Hall–Kier alpha value is -0.970. The van der Waals surface area contributed by atoms with Gasteiger partial charge in [0.25, 0.3) is 5.78 Å². The van der Waals surface area contributed by atoms with Crippen LogP contribution >= 0.6 is 11.8 Å². The van der Waals surface area contributed by atoms with Gasteiger partial charge in [-0.25, -0.2) is 0 Å². The van der Waals surface area contributed by atoms with E-state index < -0.39 is 16.6 Å².